The van der Waals surface area contributed by atoms with Crippen molar-refractivity contribution < 1.29 is 19.1 Å². The average Bonchev–Trinajstić information content (AvgIpc) is 2.68. The highest BCUT2D eigenvalue weighted by molar-refractivity contribution is 8.00. The molecule has 2 aromatic rings. The minimum atomic E-state index is -0.491. The van der Waals surface area contributed by atoms with E-state index in [1.54, 1.807) is 24.3 Å². The molecule has 0 saturated carbocycles. The van der Waals surface area contributed by atoms with E-state index in [4.69, 9.17) is 4.74 Å². The number of hydrogen-bond donors (Lipinski definition) is 2. The monoisotopic (exact) mass is 385 g/mol. The molecule has 1 aliphatic heterocycles. The van der Waals surface area contributed by atoms with E-state index in [0.29, 0.717) is 11.4 Å². The fourth-order valence-corrected chi connectivity index (χ4v) is 3.38. The summed E-state index contributed by atoms with van der Waals surface area (Å²) in [4.78, 5) is 38.5. The Kier molecular flexibility index (Phi) is 5.97. The SMILES string of the molecule is Cc1ccccc1SCC(=O)NNC(=O)CN1C(=O)COc2ccccc21. The van der Waals surface area contributed by atoms with Crippen molar-refractivity contribution in [2.24, 2.45) is 0 Å². The van der Waals surface area contributed by atoms with E-state index in [0.717, 1.165) is 10.5 Å². The van der Waals surface area contributed by atoms with Gasteiger partial charge in [0, 0.05) is 4.90 Å². The van der Waals surface area contributed by atoms with Gasteiger partial charge in [-0.25, -0.2) is 0 Å². The summed E-state index contributed by atoms with van der Waals surface area (Å²) < 4.78 is 5.33. The first-order chi connectivity index (χ1) is 13.0. The third-order valence-electron chi connectivity index (χ3n) is 3.90. The Labute approximate surface area is 161 Å². The van der Waals surface area contributed by atoms with Gasteiger partial charge in [0.1, 0.15) is 12.3 Å². The Morgan fingerprint density at radius 3 is 2.59 bits per heavy atom. The van der Waals surface area contributed by atoms with Gasteiger partial charge in [0.05, 0.1) is 11.4 Å². The molecule has 0 saturated heterocycles. The summed E-state index contributed by atoms with van der Waals surface area (Å²) in [6.07, 6.45) is 0. The molecule has 2 N–H and O–H groups in total. The summed E-state index contributed by atoms with van der Waals surface area (Å²) in [6.45, 7) is 1.65. The highest BCUT2D eigenvalue weighted by Crippen LogP contribution is 2.31. The van der Waals surface area contributed by atoms with Crippen LogP contribution in [-0.4, -0.2) is 36.6 Å². The van der Waals surface area contributed by atoms with E-state index in [9.17, 15) is 14.4 Å². The summed E-state index contributed by atoms with van der Waals surface area (Å²) >= 11 is 1.39. The molecule has 3 amide bonds. The zero-order valence-electron chi connectivity index (χ0n) is 14.7. The molecule has 1 heterocycles. The van der Waals surface area contributed by atoms with Gasteiger partial charge in [-0.1, -0.05) is 30.3 Å². The maximum atomic E-state index is 12.1. The number of thioether (sulfide) groups is 1. The van der Waals surface area contributed by atoms with Gasteiger partial charge in [-0.15, -0.1) is 11.8 Å². The molecule has 0 spiro atoms. The molecule has 7 nitrogen and oxygen atoms in total. The van der Waals surface area contributed by atoms with E-state index in [-0.39, 0.29) is 30.7 Å². The molecule has 0 bridgehead atoms. The third-order valence-corrected chi connectivity index (χ3v) is 5.08. The van der Waals surface area contributed by atoms with Crippen molar-refractivity contribution in [3.8, 4) is 5.75 Å². The predicted molar refractivity (Wildman–Crippen MR) is 102 cm³/mol. The fraction of sp³-hybridized carbons (Fsp3) is 0.211. The Morgan fingerprint density at radius 2 is 1.78 bits per heavy atom. The maximum Gasteiger partial charge on any atom is 0.265 e. The first-order valence-electron chi connectivity index (χ1n) is 8.33. The van der Waals surface area contributed by atoms with E-state index in [1.807, 2.05) is 31.2 Å². The molecule has 1 aliphatic rings. The standard InChI is InChI=1S/C19H19N3O4S/c1-13-6-2-5-9-16(13)27-12-18(24)21-20-17(23)10-22-14-7-3-4-8-15(14)26-11-19(22)25/h2-9H,10-12H2,1H3,(H,20,23)(H,21,24). The lowest BCUT2D eigenvalue weighted by atomic mass is 10.2. The van der Waals surface area contributed by atoms with Crippen LogP contribution in [0, 0.1) is 6.92 Å². The van der Waals surface area contributed by atoms with E-state index in [1.165, 1.54) is 16.7 Å². The molecule has 8 heteroatoms. The largest absolute Gasteiger partial charge is 0.482 e. The molecule has 27 heavy (non-hydrogen) atoms. The molecule has 0 fully saturated rings. The van der Waals surface area contributed by atoms with Gasteiger partial charge in [-0.3, -0.25) is 30.1 Å². The molecule has 0 aliphatic carbocycles. The first kappa shape index (κ1) is 18.8. The number of hydrogen-bond acceptors (Lipinski definition) is 5. The van der Waals surface area contributed by atoms with Crippen LogP contribution in [0.2, 0.25) is 0 Å². The minimum Gasteiger partial charge on any atom is -0.482 e. The number of aryl methyl sites for hydroxylation is 1. The average molecular weight is 385 g/mol. The van der Waals surface area contributed by atoms with E-state index in [2.05, 4.69) is 10.9 Å². The van der Waals surface area contributed by atoms with Crippen LogP contribution in [0.1, 0.15) is 5.56 Å². The summed E-state index contributed by atoms with van der Waals surface area (Å²) in [5.41, 5.74) is 6.34. The zero-order valence-corrected chi connectivity index (χ0v) is 15.5. The van der Waals surface area contributed by atoms with Crippen LogP contribution in [-0.2, 0) is 14.4 Å². The maximum absolute atomic E-state index is 12.1. The van der Waals surface area contributed by atoms with Crippen molar-refractivity contribution in [2.75, 3.05) is 23.8 Å². The number of anilines is 1. The van der Waals surface area contributed by atoms with Gasteiger partial charge >= 0.3 is 0 Å². The molecule has 140 valence electrons. The zero-order chi connectivity index (χ0) is 19.2. The second kappa shape index (κ2) is 8.59. The Balaban J connectivity index is 1.49. The number of amides is 3. The lowest BCUT2D eigenvalue weighted by Gasteiger charge is -2.28. The van der Waals surface area contributed by atoms with Crippen LogP contribution < -0.4 is 20.5 Å². The molecule has 2 aromatic carbocycles. The lowest BCUT2D eigenvalue weighted by Crippen LogP contribution is -2.50. The van der Waals surface area contributed by atoms with Crippen molar-refractivity contribution in [1.82, 2.24) is 10.9 Å². The summed E-state index contributed by atoms with van der Waals surface area (Å²) in [5, 5.41) is 0. The van der Waals surface area contributed by atoms with Gasteiger partial charge in [-0.2, -0.15) is 0 Å². The number of nitrogens with one attached hydrogen (secondary N) is 2. The molecular weight excluding hydrogens is 366 g/mol. The van der Waals surface area contributed by atoms with Crippen molar-refractivity contribution in [1.29, 1.82) is 0 Å². The van der Waals surface area contributed by atoms with E-state index >= 15 is 0 Å². The summed E-state index contributed by atoms with van der Waals surface area (Å²) in [6, 6.07) is 14.7. The van der Waals surface area contributed by atoms with E-state index < -0.39 is 5.91 Å². The second-order valence-electron chi connectivity index (χ2n) is 5.89. The Bertz CT molecular complexity index is 872. The van der Waals surface area contributed by atoms with Crippen LogP contribution in [0.15, 0.2) is 53.4 Å². The summed E-state index contributed by atoms with van der Waals surface area (Å²) in [5.74, 6) is -0.418. The third kappa shape index (κ3) is 4.79. The number of ether oxygens (including phenoxy) is 1. The van der Waals surface area contributed by atoms with Gasteiger partial charge in [0.25, 0.3) is 11.8 Å². The number of fused-ring (bicyclic) bond motifs is 1. The fourth-order valence-electron chi connectivity index (χ4n) is 2.55. The number of rotatable bonds is 5. The number of hydrazine groups is 1. The smallest absolute Gasteiger partial charge is 0.265 e. The van der Waals surface area contributed by atoms with Gasteiger partial charge < -0.3 is 4.74 Å². The van der Waals surface area contributed by atoms with Crippen LogP contribution in [0.25, 0.3) is 0 Å². The second-order valence-corrected chi connectivity index (χ2v) is 6.90. The molecule has 3 rings (SSSR count). The Morgan fingerprint density at radius 1 is 1.07 bits per heavy atom. The number of carbonyl (C=O) groups excluding carboxylic acids is 3. The topological polar surface area (TPSA) is 87.7 Å². The normalized spacial score (nSPS) is 12.8. The van der Waals surface area contributed by atoms with Crippen molar-refractivity contribution in [3.05, 3.63) is 54.1 Å². The van der Waals surface area contributed by atoms with Crippen LogP contribution in [0.5, 0.6) is 5.75 Å². The highest BCUT2D eigenvalue weighted by atomic mass is 32.2. The predicted octanol–water partition coefficient (Wildman–Crippen LogP) is 1.66. The number of nitrogens with zero attached hydrogens (tertiary/aromatic N) is 1. The van der Waals surface area contributed by atoms with Crippen LogP contribution >= 0.6 is 11.8 Å². The number of carbonyl (C=O) groups is 3. The van der Waals surface area contributed by atoms with Gasteiger partial charge in [0.2, 0.25) is 5.91 Å². The Hall–Kier alpha value is -3.00. The first-order valence-corrected chi connectivity index (χ1v) is 9.31. The quantitative estimate of drug-likeness (QED) is 0.604. The lowest BCUT2D eigenvalue weighted by molar-refractivity contribution is -0.128. The molecule has 0 aromatic heterocycles. The van der Waals surface area contributed by atoms with Crippen molar-refractivity contribution >= 4 is 35.2 Å². The molecule has 0 atom stereocenters. The minimum absolute atomic E-state index is 0.121. The van der Waals surface area contributed by atoms with Gasteiger partial charge in [0.15, 0.2) is 6.61 Å². The van der Waals surface area contributed by atoms with Crippen LogP contribution in [0.4, 0.5) is 5.69 Å². The molecule has 0 radical (unpaired) electrons. The number of para-hydroxylation sites is 2. The molecule has 0 unspecified atom stereocenters. The highest BCUT2D eigenvalue weighted by Gasteiger charge is 2.26. The van der Waals surface area contributed by atoms with Crippen molar-refractivity contribution in [3.63, 3.8) is 0 Å². The summed E-state index contributed by atoms with van der Waals surface area (Å²) in [7, 11) is 0. The molecular formula is C19H19N3O4S. The van der Waals surface area contributed by atoms with Crippen LogP contribution in [0.3, 0.4) is 0 Å². The van der Waals surface area contributed by atoms with Gasteiger partial charge in [-0.05, 0) is 30.7 Å². The number of benzene rings is 2. The van der Waals surface area contributed by atoms with Crippen molar-refractivity contribution in [2.45, 2.75) is 11.8 Å².